The molecule has 0 aliphatic carbocycles. The molecule has 0 spiro atoms. The van der Waals surface area contributed by atoms with Crippen molar-refractivity contribution in [2.24, 2.45) is 0 Å². The molecule has 0 bridgehead atoms. The number of methoxy groups -OCH3 is 2. The second-order valence-electron chi connectivity index (χ2n) is 9.59. The first-order valence-electron chi connectivity index (χ1n) is 12.8. The van der Waals surface area contributed by atoms with Crippen molar-refractivity contribution in [3.05, 3.63) is 48.0 Å². The highest BCUT2D eigenvalue weighted by molar-refractivity contribution is 7.86. The smallest absolute Gasteiger partial charge is 0.308 e. The van der Waals surface area contributed by atoms with Crippen LogP contribution < -0.4 is 26.8 Å². The van der Waals surface area contributed by atoms with E-state index in [1.165, 1.54) is 50.6 Å². The SMILES string of the molecule is COc1cc(-c2ccc(OS(C)(=O)=O)cc2)c(OC)c(OS(C)(=O)=O)c1-c1cc(COC(C)=O)c(OC(C)=O)c(OS(C)(=O)=O)c1. The molecule has 46 heavy (non-hydrogen) atoms. The molecule has 0 unspecified atom stereocenters. The second-order valence-corrected chi connectivity index (χ2v) is 14.3. The zero-order valence-corrected chi connectivity index (χ0v) is 28.0. The van der Waals surface area contributed by atoms with Gasteiger partial charge in [0, 0.05) is 25.0 Å². The number of ether oxygens (including phenoxy) is 4. The summed E-state index contributed by atoms with van der Waals surface area (Å²) in [6, 6.07) is 9.57. The van der Waals surface area contributed by atoms with E-state index in [1.807, 2.05) is 0 Å². The van der Waals surface area contributed by atoms with E-state index in [0.717, 1.165) is 38.7 Å². The van der Waals surface area contributed by atoms with Gasteiger partial charge in [0.05, 0.1) is 38.6 Å². The first-order chi connectivity index (χ1) is 21.2. The minimum atomic E-state index is -4.27. The van der Waals surface area contributed by atoms with Gasteiger partial charge in [-0.15, -0.1) is 0 Å². The Morgan fingerprint density at radius 3 is 1.70 bits per heavy atom. The maximum atomic E-state index is 12.5. The maximum Gasteiger partial charge on any atom is 0.308 e. The van der Waals surface area contributed by atoms with E-state index in [4.69, 9.17) is 31.5 Å². The lowest BCUT2D eigenvalue weighted by Gasteiger charge is -2.22. The van der Waals surface area contributed by atoms with Crippen molar-refractivity contribution in [2.45, 2.75) is 20.5 Å². The third-order valence-electron chi connectivity index (χ3n) is 5.61. The van der Waals surface area contributed by atoms with Crippen molar-refractivity contribution in [1.29, 1.82) is 0 Å². The molecule has 0 aromatic heterocycles. The molecule has 0 atom stereocenters. The molecule has 18 heteroatoms. The summed E-state index contributed by atoms with van der Waals surface area (Å²) in [7, 11) is -9.82. The summed E-state index contributed by atoms with van der Waals surface area (Å²) < 4.78 is 110. The summed E-state index contributed by atoms with van der Waals surface area (Å²) in [5.41, 5.74) is 0.509. The standard InChI is InChI=1S/C28H30O15S3/c1-16(29)39-15-20-12-19(13-24(42-45(6,33)34)26(20)40-17(2)30)25-23(37-3)14-22(27(38-4)28(25)43-46(7,35)36)18-8-10-21(11-9-18)41-44(5,31)32/h8-14H,15H2,1-7H3. The molecule has 0 fully saturated rings. The topological polar surface area (TPSA) is 201 Å². The summed E-state index contributed by atoms with van der Waals surface area (Å²) in [6.45, 7) is 1.65. The molecule has 0 aliphatic rings. The summed E-state index contributed by atoms with van der Waals surface area (Å²) >= 11 is 0. The van der Waals surface area contributed by atoms with E-state index in [2.05, 4.69) is 0 Å². The molecular weight excluding hydrogens is 672 g/mol. The van der Waals surface area contributed by atoms with Crippen molar-refractivity contribution in [2.75, 3.05) is 33.0 Å². The monoisotopic (exact) mass is 702 g/mol. The van der Waals surface area contributed by atoms with Crippen molar-refractivity contribution in [1.82, 2.24) is 0 Å². The quantitative estimate of drug-likeness (QED) is 0.143. The molecule has 3 aromatic rings. The van der Waals surface area contributed by atoms with Crippen LogP contribution in [0.15, 0.2) is 42.5 Å². The van der Waals surface area contributed by atoms with Gasteiger partial charge in [0.15, 0.2) is 23.0 Å². The van der Waals surface area contributed by atoms with Crippen LogP contribution in [0, 0.1) is 0 Å². The minimum Gasteiger partial charge on any atom is -0.496 e. The van der Waals surface area contributed by atoms with E-state index in [-0.39, 0.29) is 45.3 Å². The Balaban J connectivity index is 2.45. The third kappa shape index (κ3) is 9.72. The fourth-order valence-corrected chi connectivity index (χ4v) is 5.51. The van der Waals surface area contributed by atoms with Crippen LogP contribution >= 0.6 is 0 Å². The van der Waals surface area contributed by atoms with Crippen LogP contribution in [-0.2, 0) is 51.3 Å². The highest BCUT2D eigenvalue weighted by Gasteiger charge is 2.29. The third-order valence-corrected chi connectivity index (χ3v) is 7.06. The molecular formula is C28H30O15S3. The van der Waals surface area contributed by atoms with Crippen LogP contribution in [0.4, 0.5) is 0 Å². The molecule has 3 aromatic carbocycles. The molecule has 3 rings (SSSR count). The predicted molar refractivity (Wildman–Crippen MR) is 164 cm³/mol. The number of rotatable bonds is 13. The lowest BCUT2D eigenvalue weighted by molar-refractivity contribution is -0.142. The predicted octanol–water partition coefficient (Wildman–Crippen LogP) is 3.04. The van der Waals surface area contributed by atoms with Crippen LogP contribution in [-0.4, -0.2) is 70.2 Å². The lowest BCUT2D eigenvalue weighted by Crippen LogP contribution is -2.12. The molecule has 0 radical (unpaired) electrons. The van der Waals surface area contributed by atoms with Gasteiger partial charge in [0.25, 0.3) is 0 Å². The zero-order chi connectivity index (χ0) is 34.6. The Hall–Kier alpha value is -4.55. The van der Waals surface area contributed by atoms with Gasteiger partial charge >= 0.3 is 42.3 Å². The van der Waals surface area contributed by atoms with E-state index in [0.29, 0.717) is 5.56 Å². The van der Waals surface area contributed by atoms with E-state index < -0.39 is 60.4 Å². The van der Waals surface area contributed by atoms with E-state index in [9.17, 15) is 34.8 Å². The van der Waals surface area contributed by atoms with Gasteiger partial charge in [0.1, 0.15) is 18.1 Å². The van der Waals surface area contributed by atoms with Gasteiger partial charge in [-0.1, -0.05) is 12.1 Å². The summed E-state index contributed by atoms with van der Waals surface area (Å²) in [5.74, 6) is -3.01. The number of benzene rings is 3. The number of carbonyl (C=O) groups excluding carboxylic acids is 2. The summed E-state index contributed by atoms with van der Waals surface area (Å²) in [5, 5.41) is 0. The van der Waals surface area contributed by atoms with Crippen LogP contribution in [0.25, 0.3) is 22.3 Å². The zero-order valence-electron chi connectivity index (χ0n) is 25.6. The highest BCUT2D eigenvalue weighted by Crippen LogP contribution is 2.52. The van der Waals surface area contributed by atoms with E-state index in [1.54, 1.807) is 0 Å². The molecule has 0 amide bonds. The largest absolute Gasteiger partial charge is 0.496 e. The number of hydrogen-bond acceptors (Lipinski definition) is 15. The number of carbonyl (C=O) groups is 2. The van der Waals surface area contributed by atoms with Crippen molar-refractivity contribution in [3.8, 4) is 56.8 Å². The molecule has 0 saturated carbocycles. The molecule has 0 N–H and O–H groups in total. The lowest BCUT2D eigenvalue weighted by atomic mass is 9.95. The van der Waals surface area contributed by atoms with Gasteiger partial charge < -0.3 is 31.5 Å². The van der Waals surface area contributed by atoms with E-state index >= 15 is 0 Å². The van der Waals surface area contributed by atoms with Crippen molar-refractivity contribution < 1.29 is 66.3 Å². The fraction of sp³-hybridized carbons (Fsp3) is 0.286. The molecule has 0 heterocycles. The van der Waals surface area contributed by atoms with Gasteiger partial charge in [0.2, 0.25) is 0 Å². The Morgan fingerprint density at radius 2 is 1.22 bits per heavy atom. The average molecular weight is 703 g/mol. The Morgan fingerprint density at radius 1 is 0.630 bits per heavy atom. The summed E-state index contributed by atoms with van der Waals surface area (Å²) in [6.07, 6.45) is 2.40. The van der Waals surface area contributed by atoms with Gasteiger partial charge in [-0.05, 0) is 41.5 Å². The minimum absolute atomic E-state index is 0.00740. The number of esters is 2. The first kappa shape index (κ1) is 35.9. The second kappa shape index (κ2) is 13.8. The molecule has 250 valence electrons. The van der Waals surface area contributed by atoms with Crippen molar-refractivity contribution in [3.63, 3.8) is 0 Å². The van der Waals surface area contributed by atoms with Crippen LogP contribution in [0.1, 0.15) is 19.4 Å². The van der Waals surface area contributed by atoms with Crippen LogP contribution in [0.3, 0.4) is 0 Å². The average Bonchev–Trinajstić information content (AvgIpc) is 2.90. The fourth-order valence-electron chi connectivity index (χ4n) is 4.14. The highest BCUT2D eigenvalue weighted by atomic mass is 32.2. The Labute approximate surface area is 266 Å². The normalized spacial score (nSPS) is 11.7. The van der Waals surface area contributed by atoms with Gasteiger partial charge in [-0.2, -0.15) is 25.3 Å². The first-order valence-corrected chi connectivity index (χ1v) is 18.2. The number of hydrogen-bond donors (Lipinski definition) is 0. The van der Waals surface area contributed by atoms with Gasteiger partial charge in [-0.3, -0.25) is 9.59 Å². The summed E-state index contributed by atoms with van der Waals surface area (Å²) in [4.78, 5) is 23.6. The molecule has 0 aliphatic heterocycles. The van der Waals surface area contributed by atoms with Gasteiger partial charge in [-0.25, -0.2) is 0 Å². The Bertz CT molecular complexity index is 1980. The Kier molecular flexibility index (Phi) is 10.8. The molecule has 15 nitrogen and oxygen atoms in total. The van der Waals surface area contributed by atoms with Crippen molar-refractivity contribution >= 4 is 42.3 Å². The maximum absolute atomic E-state index is 12.5. The van der Waals surface area contributed by atoms with Crippen LogP contribution in [0.2, 0.25) is 0 Å². The molecule has 0 saturated heterocycles. The van der Waals surface area contributed by atoms with Crippen LogP contribution in [0.5, 0.6) is 34.5 Å².